The molecule has 0 bridgehead atoms. The Morgan fingerprint density at radius 1 is 1.52 bits per heavy atom. The number of carbonyl (C=O) groups is 1. The number of piperidine rings is 1. The van der Waals surface area contributed by atoms with Crippen molar-refractivity contribution in [3.05, 3.63) is 23.8 Å². The van der Waals surface area contributed by atoms with Gasteiger partial charge < -0.3 is 15.1 Å². The van der Waals surface area contributed by atoms with Crippen molar-refractivity contribution in [2.75, 3.05) is 13.1 Å². The minimum Gasteiger partial charge on any atom is -0.440 e. The molecule has 0 spiro atoms. The van der Waals surface area contributed by atoms with Gasteiger partial charge in [-0.1, -0.05) is 6.92 Å². The summed E-state index contributed by atoms with van der Waals surface area (Å²) in [6, 6.07) is 0.0641. The van der Waals surface area contributed by atoms with Crippen LogP contribution in [0, 0.1) is 12.8 Å². The van der Waals surface area contributed by atoms with Crippen LogP contribution in [0.15, 0.2) is 16.8 Å². The largest absolute Gasteiger partial charge is 0.440 e. The molecule has 2 atom stereocenters. The number of aromatic nitrogens is 3. The number of nitrogens with zero attached hydrogens (tertiary/aromatic N) is 4. The fourth-order valence-corrected chi connectivity index (χ4v) is 3.25. The zero-order chi connectivity index (χ0) is 16.6. The van der Waals surface area contributed by atoms with Crippen molar-refractivity contribution in [3.8, 4) is 11.5 Å². The van der Waals surface area contributed by atoms with Gasteiger partial charge in [-0.25, -0.2) is 4.98 Å². The van der Waals surface area contributed by atoms with Gasteiger partial charge in [0.05, 0.1) is 11.8 Å². The van der Waals surface area contributed by atoms with Crippen LogP contribution in [0.2, 0.25) is 0 Å². The lowest BCUT2D eigenvalue weighted by Crippen LogP contribution is -2.51. The number of likely N-dealkylation sites (tertiary alicyclic amines) is 1. The van der Waals surface area contributed by atoms with Crippen LogP contribution in [0.25, 0.3) is 11.5 Å². The number of hydrogen-bond acceptors (Lipinski definition) is 5. The monoisotopic (exact) mass is 317 g/mol. The van der Waals surface area contributed by atoms with E-state index >= 15 is 0 Å². The van der Waals surface area contributed by atoms with Gasteiger partial charge in [-0.2, -0.15) is 5.10 Å². The fraction of sp³-hybridized carbons (Fsp3) is 0.562. The van der Waals surface area contributed by atoms with Crippen molar-refractivity contribution in [2.45, 2.75) is 32.7 Å². The predicted molar refractivity (Wildman–Crippen MR) is 85.7 cm³/mol. The van der Waals surface area contributed by atoms with Crippen LogP contribution < -0.4 is 5.73 Å². The second-order valence-corrected chi connectivity index (χ2v) is 6.25. The highest BCUT2D eigenvalue weighted by molar-refractivity contribution is 5.94. The summed E-state index contributed by atoms with van der Waals surface area (Å²) in [6.07, 6.45) is 5.58. The number of amides is 1. The second-order valence-electron chi connectivity index (χ2n) is 6.25. The molecule has 1 saturated heterocycles. The number of aryl methyl sites for hydroxylation is 2. The third-order valence-corrected chi connectivity index (χ3v) is 4.57. The highest BCUT2D eigenvalue weighted by atomic mass is 16.4. The Bertz CT molecular complexity index is 705. The number of rotatable bonds is 3. The Morgan fingerprint density at radius 2 is 2.30 bits per heavy atom. The van der Waals surface area contributed by atoms with Gasteiger partial charge in [-0.05, 0) is 25.7 Å². The first-order chi connectivity index (χ1) is 11.0. The molecule has 2 aromatic rings. The van der Waals surface area contributed by atoms with E-state index in [1.54, 1.807) is 17.8 Å². The van der Waals surface area contributed by atoms with Crippen molar-refractivity contribution in [2.24, 2.45) is 18.7 Å². The summed E-state index contributed by atoms with van der Waals surface area (Å²) >= 11 is 0. The summed E-state index contributed by atoms with van der Waals surface area (Å²) in [7, 11) is 1.83. The van der Waals surface area contributed by atoms with Crippen LogP contribution in [0.4, 0.5) is 0 Å². The van der Waals surface area contributed by atoms with Crippen molar-refractivity contribution in [3.63, 3.8) is 0 Å². The van der Waals surface area contributed by atoms with Gasteiger partial charge in [0.15, 0.2) is 5.69 Å². The zero-order valence-corrected chi connectivity index (χ0v) is 13.8. The number of nitrogens with two attached hydrogens (primary N) is 1. The maximum Gasteiger partial charge on any atom is 0.276 e. The summed E-state index contributed by atoms with van der Waals surface area (Å²) in [5.74, 6) is 1.27. The third kappa shape index (κ3) is 2.88. The molecule has 7 nitrogen and oxygen atoms in total. The van der Waals surface area contributed by atoms with E-state index in [1.165, 1.54) is 0 Å². The first-order valence-corrected chi connectivity index (χ1v) is 7.98. The van der Waals surface area contributed by atoms with Gasteiger partial charge in [0, 0.05) is 32.4 Å². The third-order valence-electron chi connectivity index (χ3n) is 4.57. The number of oxazole rings is 1. The Hall–Kier alpha value is -2.15. The molecule has 0 aromatic carbocycles. The molecule has 124 valence electrons. The summed E-state index contributed by atoms with van der Waals surface area (Å²) in [6.45, 7) is 5.11. The SMILES string of the molecule is Cc1oc(-c2cnn(C)c2)nc1C(=O)N1CCCC(C)C1CN. The molecule has 2 unspecified atom stereocenters. The Morgan fingerprint density at radius 3 is 2.96 bits per heavy atom. The van der Waals surface area contributed by atoms with E-state index in [1.807, 2.05) is 18.1 Å². The lowest BCUT2D eigenvalue weighted by atomic mass is 9.90. The van der Waals surface area contributed by atoms with Gasteiger partial charge in [0.25, 0.3) is 5.91 Å². The topological polar surface area (TPSA) is 90.2 Å². The predicted octanol–water partition coefficient (Wildman–Crippen LogP) is 1.58. The van der Waals surface area contributed by atoms with Gasteiger partial charge in [-0.3, -0.25) is 9.48 Å². The van der Waals surface area contributed by atoms with E-state index in [2.05, 4.69) is 17.0 Å². The molecule has 23 heavy (non-hydrogen) atoms. The molecule has 3 rings (SSSR count). The van der Waals surface area contributed by atoms with Crippen LogP contribution in [0.5, 0.6) is 0 Å². The van der Waals surface area contributed by atoms with E-state index in [9.17, 15) is 4.79 Å². The van der Waals surface area contributed by atoms with Gasteiger partial charge in [-0.15, -0.1) is 0 Å². The molecule has 1 fully saturated rings. The van der Waals surface area contributed by atoms with Gasteiger partial charge in [0.2, 0.25) is 5.89 Å². The molecule has 2 N–H and O–H groups in total. The average molecular weight is 317 g/mol. The van der Waals surface area contributed by atoms with Crippen LogP contribution in [0.1, 0.15) is 36.0 Å². The Kier molecular flexibility index (Phi) is 4.21. The molecule has 7 heteroatoms. The number of hydrogen-bond donors (Lipinski definition) is 1. The number of carbonyl (C=O) groups excluding carboxylic acids is 1. The fourth-order valence-electron chi connectivity index (χ4n) is 3.25. The summed E-state index contributed by atoms with van der Waals surface area (Å²) in [4.78, 5) is 19.2. The quantitative estimate of drug-likeness (QED) is 0.928. The Labute approximate surface area is 135 Å². The summed E-state index contributed by atoms with van der Waals surface area (Å²) in [5.41, 5.74) is 7.02. The minimum absolute atomic E-state index is 0.0641. The maximum atomic E-state index is 12.9. The molecule has 0 radical (unpaired) electrons. The lowest BCUT2D eigenvalue weighted by Gasteiger charge is -2.39. The molecule has 1 amide bonds. The second kappa shape index (κ2) is 6.16. The van der Waals surface area contributed by atoms with Crippen LogP contribution in [-0.2, 0) is 7.05 Å². The summed E-state index contributed by atoms with van der Waals surface area (Å²) < 4.78 is 7.35. The van der Waals surface area contributed by atoms with E-state index < -0.39 is 0 Å². The van der Waals surface area contributed by atoms with E-state index in [0.717, 1.165) is 24.9 Å². The molecule has 2 aromatic heterocycles. The van der Waals surface area contributed by atoms with E-state index in [4.69, 9.17) is 10.2 Å². The van der Waals surface area contributed by atoms with Gasteiger partial charge in [0.1, 0.15) is 5.76 Å². The Balaban J connectivity index is 1.89. The lowest BCUT2D eigenvalue weighted by molar-refractivity contribution is 0.0525. The molecule has 1 aliphatic rings. The highest BCUT2D eigenvalue weighted by Crippen LogP contribution is 2.27. The van der Waals surface area contributed by atoms with Crippen molar-refractivity contribution < 1.29 is 9.21 Å². The molecule has 0 aliphatic carbocycles. The van der Waals surface area contributed by atoms with Crippen LogP contribution >= 0.6 is 0 Å². The smallest absolute Gasteiger partial charge is 0.276 e. The molecule has 3 heterocycles. The van der Waals surface area contributed by atoms with Crippen molar-refractivity contribution in [1.82, 2.24) is 19.7 Å². The van der Waals surface area contributed by atoms with E-state index in [0.29, 0.717) is 29.8 Å². The van der Waals surface area contributed by atoms with Crippen LogP contribution in [-0.4, -0.2) is 44.7 Å². The first-order valence-electron chi connectivity index (χ1n) is 7.98. The zero-order valence-electron chi connectivity index (χ0n) is 13.8. The van der Waals surface area contributed by atoms with Crippen molar-refractivity contribution in [1.29, 1.82) is 0 Å². The highest BCUT2D eigenvalue weighted by Gasteiger charge is 2.33. The first kappa shape index (κ1) is 15.7. The molecular formula is C16H23N5O2. The standard InChI is InChI=1S/C16H23N5O2/c1-10-5-4-6-21(13(10)7-17)16(22)14-11(2)23-15(19-14)12-8-18-20(3)9-12/h8-10,13H,4-7,17H2,1-3H3. The van der Waals surface area contributed by atoms with Gasteiger partial charge >= 0.3 is 0 Å². The average Bonchev–Trinajstić information content (AvgIpc) is 3.12. The summed E-state index contributed by atoms with van der Waals surface area (Å²) in [5, 5.41) is 4.11. The molecule has 1 aliphatic heterocycles. The normalized spacial score (nSPS) is 21.7. The van der Waals surface area contributed by atoms with Crippen molar-refractivity contribution >= 4 is 5.91 Å². The molecule has 0 saturated carbocycles. The van der Waals surface area contributed by atoms with E-state index in [-0.39, 0.29) is 11.9 Å². The maximum absolute atomic E-state index is 12.9. The molecular weight excluding hydrogens is 294 g/mol. The van der Waals surface area contributed by atoms with Crippen LogP contribution in [0.3, 0.4) is 0 Å². The minimum atomic E-state index is -0.0941.